The molecule has 0 unspecified atom stereocenters. The molecule has 0 N–H and O–H groups in total. The molecule has 3 rings (SSSR count). The Morgan fingerprint density at radius 2 is 1.66 bits per heavy atom. The number of cyclic esters (lactones) is 2. The molecule has 0 radical (unpaired) electrons. The van der Waals surface area contributed by atoms with Crippen LogP contribution >= 0.6 is 0 Å². The number of rotatable bonds is 3. The molecule has 1 aromatic carbocycles. The van der Waals surface area contributed by atoms with Crippen LogP contribution in [0, 0.1) is 17.8 Å². The van der Waals surface area contributed by atoms with Gasteiger partial charge >= 0.3 is 24.4 Å². The third-order valence-electron chi connectivity index (χ3n) is 5.59. The Hall–Kier alpha value is -2.79. The van der Waals surface area contributed by atoms with Crippen LogP contribution < -0.4 is 0 Å². The lowest BCUT2D eigenvalue weighted by molar-refractivity contribution is -0.225. The Kier molecular flexibility index (Phi) is 6.18. The number of hydrogen-bond donors (Lipinski definition) is 0. The molecule has 2 aliphatic heterocycles. The van der Waals surface area contributed by atoms with Crippen molar-refractivity contribution in [3.8, 4) is 0 Å². The molecule has 0 aliphatic carbocycles. The SMILES string of the molecule is CC(C)[C@H]1COC(=O)N1C(=O)[C@H]1[C@H](c2ccc(C(F)(F)F)cc2)OC(=O)C[C@@H]1C(F)(F)F. The maximum atomic E-state index is 13.8. The summed E-state index contributed by atoms with van der Waals surface area (Å²) in [5, 5.41) is 0. The lowest BCUT2D eigenvalue weighted by Crippen LogP contribution is -2.53. The lowest BCUT2D eigenvalue weighted by Gasteiger charge is -2.39. The van der Waals surface area contributed by atoms with E-state index < -0.39 is 66.3 Å². The molecule has 4 atom stereocenters. The van der Waals surface area contributed by atoms with Crippen LogP contribution in [0.25, 0.3) is 0 Å². The molecule has 0 aromatic heterocycles. The number of esters is 1. The topological polar surface area (TPSA) is 72.9 Å². The van der Waals surface area contributed by atoms with E-state index in [4.69, 9.17) is 9.47 Å². The molecule has 32 heavy (non-hydrogen) atoms. The predicted octanol–water partition coefficient (Wildman–Crippen LogP) is 4.49. The van der Waals surface area contributed by atoms with Crippen LogP contribution in [0.2, 0.25) is 0 Å². The van der Waals surface area contributed by atoms with E-state index in [1.807, 2.05) is 0 Å². The molecule has 2 saturated heterocycles. The average Bonchev–Trinajstić information content (AvgIpc) is 3.07. The second-order valence-electron chi connectivity index (χ2n) is 8.00. The van der Waals surface area contributed by atoms with Crippen LogP contribution in [0.15, 0.2) is 24.3 Å². The van der Waals surface area contributed by atoms with Gasteiger partial charge in [0.25, 0.3) is 0 Å². The van der Waals surface area contributed by atoms with Crippen LogP contribution in [-0.4, -0.2) is 41.7 Å². The fourth-order valence-corrected chi connectivity index (χ4v) is 3.88. The number of alkyl halides is 6. The summed E-state index contributed by atoms with van der Waals surface area (Å²) >= 11 is 0. The van der Waals surface area contributed by atoms with Crippen molar-refractivity contribution in [3.05, 3.63) is 35.4 Å². The van der Waals surface area contributed by atoms with Crippen molar-refractivity contribution in [2.75, 3.05) is 6.61 Å². The van der Waals surface area contributed by atoms with Gasteiger partial charge in [-0.2, -0.15) is 26.3 Å². The highest BCUT2D eigenvalue weighted by Gasteiger charge is 2.58. The van der Waals surface area contributed by atoms with Gasteiger partial charge in [0.15, 0.2) is 0 Å². The van der Waals surface area contributed by atoms with Crippen LogP contribution in [-0.2, 0) is 25.2 Å². The van der Waals surface area contributed by atoms with Crippen molar-refractivity contribution in [3.63, 3.8) is 0 Å². The van der Waals surface area contributed by atoms with Gasteiger partial charge in [-0.1, -0.05) is 26.0 Å². The Morgan fingerprint density at radius 1 is 1.06 bits per heavy atom. The zero-order chi connectivity index (χ0) is 24.0. The van der Waals surface area contributed by atoms with Gasteiger partial charge in [0.1, 0.15) is 12.7 Å². The van der Waals surface area contributed by atoms with Gasteiger partial charge in [0, 0.05) is 0 Å². The monoisotopic (exact) mass is 467 g/mol. The Labute approximate surface area is 178 Å². The first kappa shape index (κ1) is 23.9. The first-order valence-electron chi connectivity index (χ1n) is 9.65. The second kappa shape index (κ2) is 8.28. The highest BCUT2D eigenvalue weighted by Crippen LogP contribution is 2.47. The highest BCUT2D eigenvalue weighted by atomic mass is 19.4. The van der Waals surface area contributed by atoms with E-state index in [0.717, 1.165) is 12.1 Å². The number of ether oxygens (including phenoxy) is 2. The van der Waals surface area contributed by atoms with Gasteiger partial charge in [-0.3, -0.25) is 9.59 Å². The van der Waals surface area contributed by atoms with E-state index in [-0.39, 0.29) is 18.1 Å². The minimum atomic E-state index is -5.01. The number of carbonyl (C=O) groups is 3. The van der Waals surface area contributed by atoms with E-state index in [2.05, 4.69) is 0 Å². The molecule has 6 nitrogen and oxygen atoms in total. The quantitative estimate of drug-likeness (QED) is 0.484. The van der Waals surface area contributed by atoms with Crippen molar-refractivity contribution in [1.29, 1.82) is 0 Å². The van der Waals surface area contributed by atoms with Crippen molar-refractivity contribution in [2.45, 2.75) is 44.8 Å². The molecule has 2 aliphatic rings. The highest BCUT2D eigenvalue weighted by molar-refractivity contribution is 5.96. The first-order valence-corrected chi connectivity index (χ1v) is 9.65. The minimum Gasteiger partial charge on any atom is -0.457 e. The third-order valence-corrected chi connectivity index (χ3v) is 5.59. The molecule has 2 heterocycles. The standard InChI is InChI=1S/C20H19F6NO5/c1-9(2)13-8-31-18(30)27(13)17(29)15-12(20(24,25)26)7-14(28)32-16(15)10-3-5-11(6-4-10)19(21,22)23/h3-6,9,12-13,15-16H,7-8H2,1-2H3/t12-,13+,15+,16-/m0/s1. The summed E-state index contributed by atoms with van der Waals surface area (Å²) in [6.07, 6.45) is -13.8. The Balaban J connectivity index is 2.06. The largest absolute Gasteiger partial charge is 0.457 e. The summed E-state index contributed by atoms with van der Waals surface area (Å²) in [4.78, 5) is 37.9. The van der Waals surface area contributed by atoms with Gasteiger partial charge in [-0.05, 0) is 23.6 Å². The summed E-state index contributed by atoms with van der Waals surface area (Å²) in [6.45, 7) is 3.07. The smallest absolute Gasteiger partial charge is 0.416 e. The van der Waals surface area contributed by atoms with Gasteiger partial charge in [0.05, 0.1) is 29.9 Å². The zero-order valence-corrected chi connectivity index (χ0v) is 16.9. The normalized spacial score (nSPS) is 26.8. The molecule has 0 bridgehead atoms. The third kappa shape index (κ3) is 4.53. The number of halogens is 6. The Morgan fingerprint density at radius 3 is 2.16 bits per heavy atom. The molecule has 12 heteroatoms. The van der Waals surface area contributed by atoms with Gasteiger partial charge in [-0.25, -0.2) is 9.69 Å². The second-order valence-corrected chi connectivity index (χ2v) is 8.00. The fraction of sp³-hybridized carbons (Fsp3) is 0.550. The Bertz CT molecular complexity index is 895. The summed E-state index contributed by atoms with van der Waals surface area (Å²) in [6, 6.07) is 2.09. The van der Waals surface area contributed by atoms with E-state index in [1.165, 1.54) is 0 Å². The number of benzene rings is 1. The van der Waals surface area contributed by atoms with E-state index >= 15 is 0 Å². The summed E-state index contributed by atoms with van der Waals surface area (Å²) in [7, 11) is 0. The molecular formula is C20H19F6NO5. The molecule has 0 saturated carbocycles. The maximum Gasteiger partial charge on any atom is 0.416 e. The number of carbonyl (C=O) groups excluding carboxylic acids is 3. The van der Waals surface area contributed by atoms with E-state index in [9.17, 15) is 40.7 Å². The summed E-state index contributed by atoms with van der Waals surface area (Å²) in [5.74, 6) is -7.43. The van der Waals surface area contributed by atoms with Crippen molar-refractivity contribution >= 4 is 18.0 Å². The van der Waals surface area contributed by atoms with E-state index in [0.29, 0.717) is 17.0 Å². The van der Waals surface area contributed by atoms with Gasteiger partial charge < -0.3 is 9.47 Å². The zero-order valence-electron chi connectivity index (χ0n) is 16.9. The van der Waals surface area contributed by atoms with Crippen LogP contribution in [0.3, 0.4) is 0 Å². The lowest BCUT2D eigenvalue weighted by atomic mass is 9.78. The first-order chi connectivity index (χ1) is 14.7. The van der Waals surface area contributed by atoms with E-state index in [1.54, 1.807) is 13.8 Å². The molecule has 176 valence electrons. The van der Waals surface area contributed by atoms with Crippen molar-refractivity contribution in [2.24, 2.45) is 17.8 Å². The molecular weight excluding hydrogens is 448 g/mol. The number of imide groups is 1. The molecule has 0 spiro atoms. The van der Waals surface area contributed by atoms with Crippen LogP contribution in [0.5, 0.6) is 0 Å². The molecule has 2 amide bonds. The van der Waals surface area contributed by atoms with Crippen molar-refractivity contribution < 1.29 is 50.2 Å². The average molecular weight is 467 g/mol. The van der Waals surface area contributed by atoms with Crippen molar-refractivity contribution in [1.82, 2.24) is 4.90 Å². The van der Waals surface area contributed by atoms with Crippen LogP contribution in [0.4, 0.5) is 31.1 Å². The molecule has 1 aromatic rings. The van der Waals surface area contributed by atoms with Gasteiger partial charge in [0.2, 0.25) is 5.91 Å². The summed E-state index contributed by atoms with van der Waals surface area (Å²) < 4.78 is 90.0. The minimum absolute atomic E-state index is 0.212. The van der Waals surface area contributed by atoms with Crippen LogP contribution in [0.1, 0.15) is 37.5 Å². The number of hydrogen-bond acceptors (Lipinski definition) is 5. The fourth-order valence-electron chi connectivity index (χ4n) is 3.88. The van der Waals surface area contributed by atoms with Gasteiger partial charge in [-0.15, -0.1) is 0 Å². The molecule has 2 fully saturated rings. The number of nitrogens with zero attached hydrogens (tertiary/aromatic N) is 1. The summed E-state index contributed by atoms with van der Waals surface area (Å²) in [5.41, 5.74) is -1.30. The predicted molar refractivity (Wildman–Crippen MR) is 94.7 cm³/mol. The number of amides is 2. The maximum absolute atomic E-state index is 13.8.